The molecule has 4 rings (SSSR count). The second kappa shape index (κ2) is 5.13. The second-order valence-corrected chi connectivity index (χ2v) is 6.20. The molecule has 2 heterocycles. The standard InChI is InChI=1S/C15H15N3O2S/c19-7-11-8-21-14(17-11)6-16-10-3-4-13-12(5-10)18-15(20-13)9-1-2-9/h3-5,8-9,16,19H,1-2,6-7H2. The zero-order chi connectivity index (χ0) is 14.2. The maximum Gasteiger partial charge on any atom is 0.198 e. The number of rotatable bonds is 5. The number of benzene rings is 1. The number of thiazole rings is 1. The molecule has 2 aromatic heterocycles. The monoisotopic (exact) mass is 301 g/mol. The van der Waals surface area contributed by atoms with E-state index in [2.05, 4.69) is 15.3 Å². The van der Waals surface area contributed by atoms with Gasteiger partial charge in [0.15, 0.2) is 11.5 Å². The Hall–Kier alpha value is -1.92. The van der Waals surface area contributed by atoms with E-state index in [1.807, 2.05) is 23.6 Å². The van der Waals surface area contributed by atoms with Crippen LogP contribution in [0.15, 0.2) is 28.0 Å². The minimum atomic E-state index is -0.00859. The van der Waals surface area contributed by atoms with Crippen molar-refractivity contribution >= 4 is 28.1 Å². The number of oxazole rings is 1. The van der Waals surface area contributed by atoms with Gasteiger partial charge in [-0.05, 0) is 31.0 Å². The van der Waals surface area contributed by atoms with Gasteiger partial charge in [-0.1, -0.05) is 0 Å². The van der Waals surface area contributed by atoms with Crippen LogP contribution in [0, 0.1) is 0 Å². The van der Waals surface area contributed by atoms with Gasteiger partial charge in [-0.2, -0.15) is 0 Å². The van der Waals surface area contributed by atoms with Crippen LogP contribution in [0.3, 0.4) is 0 Å². The molecule has 3 aromatic rings. The van der Waals surface area contributed by atoms with Crippen LogP contribution < -0.4 is 5.32 Å². The number of hydrogen-bond donors (Lipinski definition) is 2. The highest BCUT2D eigenvalue weighted by molar-refractivity contribution is 7.09. The highest BCUT2D eigenvalue weighted by Gasteiger charge is 2.28. The summed E-state index contributed by atoms with van der Waals surface area (Å²) in [4.78, 5) is 8.87. The van der Waals surface area contributed by atoms with Crippen molar-refractivity contribution < 1.29 is 9.52 Å². The number of fused-ring (bicyclic) bond motifs is 1. The minimum Gasteiger partial charge on any atom is -0.440 e. The van der Waals surface area contributed by atoms with Crippen LogP contribution in [-0.4, -0.2) is 15.1 Å². The van der Waals surface area contributed by atoms with Crippen molar-refractivity contribution in [2.45, 2.75) is 31.9 Å². The van der Waals surface area contributed by atoms with E-state index in [9.17, 15) is 0 Å². The van der Waals surface area contributed by atoms with Gasteiger partial charge in [0, 0.05) is 17.0 Å². The third-order valence-electron chi connectivity index (χ3n) is 3.54. The maximum atomic E-state index is 9.01. The highest BCUT2D eigenvalue weighted by atomic mass is 32.1. The fraction of sp³-hybridized carbons (Fsp3) is 0.333. The van der Waals surface area contributed by atoms with Gasteiger partial charge in [0.2, 0.25) is 0 Å². The third-order valence-corrected chi connectivity index (χ3v) is 4.43. The molecule has 21 heavy (non-hydrogen) atoms. The summed E-state index contributed by atoms with van der Waals surface area (Å²) in [5, 5.41) is 15.2. The van der Waals surface area contributed by atoms with Gasteiger partial charge in [0.1, 0.15) is 10.5 Å². The van der Waals surface area contributed by atoms with E-state index in [1.54, 1.807) is 11.3 Å². The molecular weight excluding hydrogens is 286 g/mol. The summed E-state index contributed by atoms with van der Waals surface area (Å²) in [6.45, 7) is 0.634. The van der Waals surface area contributed by atoms with Crippen molar-refractivity contribution in [1.29, 1.82) is 0 Å². The number of hydrogen-bond acceptors (Lipinski definition) is 6. The number of anilines is 1. The molecule has 1 aromatic carbocycles. The largest absolute Gasteiger partial charge is 0.440 e. The Morgan fingerprint density at radius 3 is 3.00 bits per heavy atom. The van der Waals surface area contributed by atoms with Gasteiger partial charge in [-0.15, -0.1) is 11.3 Å². The van der Waals surface area contributed by atoms with Crippen molar-refractivity contribution in [3.8, 4) is 0 Å². The van der Waals surface area contributed by atoms with Gasteiger partial charge in [0.05, 0.1) is 18.8 Å². The van der Waals surface area contributed by atoms with E-state index in [0.29, 0.717) is 12.5 Å². The molecule has 0 aliphatic heterocycles. The lowest BCUT2D eigenvalue weighted by atomic mass is 10.3. The topological polar surface area (TPSA) is 71.2 Å². The summed E-state index contributed by atoms with van der Waals surface area (Å²) in [7, 11) is 0. The number of nitrogens with one attached hydrogen (secondary N) is 1. The fourth-order valence-corrected chi connectivity index (χ4v) is 2.97. The van der Waals surface area contributed by atoms with Crippen LogP contribution in [0.1, 0.15) is 35.4 Å². The quantitative estimate of drug-likeness (QED) is 0.757. The summed E-state index contributed by atoms with van der Waals surface area (Å²) in [5.74, 6) is 1.40. The third kappa shape index (κ3) is 2.64. The average molecular weight is 301 g/mol. The number of aliphatic hydroxyl groups is 1. The molecule has 1 aliphatic rings. The van der Waals surface area contributed by atoms with Crippen molar-refractivity contribution in [2.24, 2.45) is 0 Å². The normalized spacial score (nSPS) is 14.7. The first-order valence-corrected chi connectivity index (χ1v) is 7.88. The molecular formula is C15H15N3O2S. The Morgan fingerprint density at radius 1 is 1.33 bits per heavy atom. The number of nitrogens with zero attached hydrogens (tertiary/aromatic N) is 2. The van der Waals surface area contributed by atoms with Gasteiger partial charge in [-0.25, -0.2) is 9.97 Å². The lowest BCUT2D eigenvalue weighted by Crippen LogP contribution is -1.99. The van der Waals surface area contributed by atoms with Crippen LogP contribution in [-0.2, 0) is 13.2 Å². The molecule has 0 unspecified atom stereocenters. The molecule has 108 valence electrons. The van der Waals surface area contributed by atoms with Crippen LogP contribution >= 0.6 is 11.3 Å². The highest BCUT2D eigenvalue weighted by Crippen LogP contribution is 2.40. The molecule has 1 aliphatic carbocycles. The molecule has 0 atom stereocenters. The van der Waals surface area contributed by atoms with Crippen molar-refractivity contribution in [3.63, 3.8) is 0 Å². The molecule has 1 saturated carbocycles. The summed E-state index contributed by atoms with van der Waals surface area (Å²) < 4.78 is 5.75. The van der Waals surface area contributed by atoms with Crippen LogP contribution in [0.2, 0.25) is 0 Å². The van der Waals surface area contributed by atoms with E-state index in [-0.39, 0.29) is 6.61 Å². The Balaban J connectivity index is 1.50. The van der Waals surface area contributed by atoms with Crippen molar-refractivity contribution in [2.75, 3.05) is 5.32 Å². The van der Waals surface area contributed by atoms with E-state index in [4.69, 9.17) is 9.52 Å². The Labute approximate surface area is 125 Å². The second-order valence-electron chi connectivity index (χ2n) is 5.25. The first-order chi connectivity index (χ1) is 10.3. The van der Waals surface area contributed by atoms with E-state index >= 15 is 0 Å². The van der Waals surface area contributed by atoms with Gasteiger partial charge in [-0.3, -0.25) is 0 Å². The van der Waals surface area contributed by atoms with Gasteiger partial charge < -0.3 is 14.8 Å². The SMILES string of the molecule is OCc1csc(CNc2ccc3oc(C4CC4)nc3c2)n1. The smallest absolute Gasteiger partial charge is 0.198 e. The number of aromatic nitrogens is 2. The molecule has 0 bridgehead atoms. The van der Waals surface area contributed by atoms with Crippen LogP contribution in [0.5, 0.6) is 0 Å². The van der Waals surface area contributed by atoms with E-state index < -0.39 is 0 Å². The Bertz CT molecular complexity index is 776. The Morgan fingerprint density at radius 2 is 2.24 bits per heavy atom. The van der Waals surface area contributed by atoms with Crippen molar-refractivity contribution in [3.05, 3.63) is 40.2 Å². The average Bonchev–Trinajstić information content (AvgIpc) is 3.11. The first kappa shape index (κ1) is 12.8. The lowest BCUT2D eigenvalue weighted by molar-refractivity contribution is 0.277. The molecule has 0 amide bonds. The first-order valence-electron chi connectivity index (χ1n) is 7.00. The predicted molar refractivity (Wildman–Crippen MR) is 81.3 cm³/mol. The van der Waals surface area contributed by atoms with E-state index in [0.717, 1.165) is 33.4 Å². The summed E-state index contributed by atoms with van der Waals surface area (Å²) >= 11 is 1.55. The fourth-order valence-electron chi connectivity index (χ4n) is 2.24. The molecule has 2 N–H and O–H groups in total. The molecule has 0 saturated heterocycles. The van der Waals surface area contributed by atoms with E-state index in [1.165, 1.54) is 12.8 Å². The number of aliphatic hydroxyl groups excluding tert-OH is 1. The summed E-state index contributed by atoms with van der Waals surface area (Å²) in [6, 6.07) is 5.95. The van der Waals surface area contributed by atoms with Crippen LogP contribution in [0.4, 0.5) is 5.69 Å². The summed E-state index contributed by atoms with van der Waals surface area (Å²) in [5.41, 5.74) is 3.47. The molecule has 6 heteroatoms. The predicted octanol–water partition coefficient (Wildman–Crippen LogP) is 3.27. The van der Waals surface area contributed by atoms with Crippen LogP contribution in [0.25, 0.3) is 11.1 Å². The Kier molecular flexibility index (Phi) is 3.12. The van der Waals surface area contributed by atoms with Gasteiger partial charge in [0.25, 0.3) is 0 Å². The molecule has 5 nitrogen and oxygen atoms in total. The zero-order valence-corrected chi connectivity index (χ0v) is 12.2. The van der Waals surface area contributed by atoms with Crippen molar-refractivity contribution in [1.82, 2.24) is 9.97 Å². The molecule has 0 spiro atoms. The maximum absolute atomic E-state index is 9.01. The minimum absolute atomic E-state index is 0.00859. The lowest BCUT2D eigenvalue weighted by Gasteiger charge is -2.03. The van der Waals surface area contributed by atoms with Gasteiger partial charge >= 0.3 is 0 Å². The summed E-state index contributed by atoms with van der Waals surface area (Å²) in [6.07, 6.45) is 2.38. The zero-order valence-electron chi connectivity index (χ0n) is 11.4. The molecule has 0 radical (unpaired) electrons. The molecule has 1 fully saturated rings.